The van der Waals surface area contributed by atoms with Gasteiger partial charge in [-0.25, -0.2) is 8.42 Å². The van der Waals surface area contributed by atoms with E-state index in [4.69, 9.17) is 0 Å². The van der Waals surface area contributed by atoms with Gasteiger partial charge in [-0.3, -0.25) is 9.40 Å². The lowest BCUT2D eigenvalue weighted by atomic mass is 10.2. The molecule has 0 fully saturated rings. The van der Waals surface area contributed by atoms with Crippen molar-refractivity contribution in [1.29, 1.82) is 0 Å². The minimum atomic E-state index is -3.55. The molecular formula is C17H24N4O2S. The summed E-state index contributed by atoms with van der Waals surface area (Å²) in [6, 6.07) is 9.30. The number of hydrogen-bond acceptors (Lipinski definition) is 4. The van der Waals surface area contributed by atoms with Gasteiger partial charge in [0, 0.05) is 12.7 Å². The molecule has 2 aromatic rings. The van der Waals surface area contributed by atoms with Crippen LogP contribution in [0.15, 0.2) is 48.1 Å². The van der Waals surface area contributed by atoms with Crippen LogP contribution in [0.3, 0.4) is 0 Å². The van der Waals surface area contributed by atoms with E-state index in [-0.39, 0.29) is 0 Å². The summed E-state index contributed by atoms with van der Waals surface area (Å²) in [4.78, 5) is 2.29. The molecule has 1 heterocycles. The van der Waals surface area contributed by atoms with Gasteiger partial charge in [-0.05, 0) is 24.7 Å². The molecule has 0 unspecified atom stereocenters. The van der Waals surface area contributed by atoms with E-state index in [0.29, 0.717) is 5.69 Å². The molecule has 130 valence electrons. The maximum atomic E-state index is 12.1. The summed E-state index contributed by atoms with van der Waals surface area (Å²) in [6.45, 7) is 7.82. The third-order valence-electron chi connectivity index (χ3n) is 3.67. The number of aromatic nitrogens is 2. The van der Waals surface area contributed by atoms with Gasteiger partial charge in [-0.15, -0.1) is 0 Å². The molecule has 6 nitrogen and oxygen atoms in total. The molecule has 1 N–H and O–H groups in total. The topological polar surface area (TPSA) is 67.2 Å². The van der Waals surface area contributed by atoms with Crippen LogP contribution < -0.4 is 4.72 Å². The van der Waals surface area contributed by atoms with Gasteiger partial charge in [0.1, 0.15) is 0 Å². The summed E-state index contributed by atoms with van der Waals surface area (Å²) in [5.41, 5.74) is 1.30. The van der Waals surface area contributed by atoms with Crippen molar-refractivity contribution in [1.82, 2.24) is 14.7 Å². The van der Waals surface area contributed by atoms with Crippen LogP contribution in [0.1, 0.15) is 19.4 Å². The fraction of sp³-hybridized carbons (Fsp3) is 0.353. The summed E-state index contributed by atoms with van der Waals surface area (Å²) in [5, 5.41) is 5.36. The molecule has 0 saturated carbocycles. The van der Waals surface area contributed by atoms with E-state index in [1.54, 1.807) is 17.0 Å². The lowest BCUT2D eigenvalue weighted by Crippen LogP contribution is -2.27. The van der Waals surface area contributed by atoms with Gasteiger partial charge < -0.3 is 4.90 Å². The lowest BCUT2D eigenvalue weighted by Gasteiger charge is -2.17. The Morgan fingerprint density at radius 1 is 1.21 bits per heavy atom. The molecule has 2 rings (SSSR count). The minimum absolute atomic E-state index is 0.465. The maximum absolute atomic E-state index is 12.1. The molecule has 0 aliphatic rings. The van der Waals surface area contributed by atoms with E-state index in [9.17, 15) is 8.42 Å². The van der Waals surface area contributed by atoms with Crippen molar-refractivity contribution in [3.63, 3.8) is 0 Å². The van der Waals surface area contributed by atoms with Gasteiger partial charge in [0.15, 0.2) is 0 Å². The SMILES string of the molecule is CCN(CC)CCn1cc(NS(=O)(=O)/C=C\c2ccccc2)cn1. The first-order valence-electron chi connectivity index (χ1n) is 8.03. The van der Waals surface area contributed by atoms with Crippen LogP contribution in [0.2, 0.25) is 0 Å². The van der Waals surface area contributed by atoms with Crippen LogP contribution in [-0.4, -0.2) is 42.7 Å². The quantitative estimate of drug-likeness (QED) is 0.756. The molecule has 1 aromatic carbocycles. The maximum Gasteiger partial charge on any atom is 0.255 e. The van der Waals surface area contributed by atoms with Gasteiger partial charge in [0.2, 0.25) is 0 Å². The molecule has 0 amide bonds. The Balaban J connectivity index is 1.94. The number of hydrogen-bond donors (Lipinski definition) is 1. The molecule has 0 radical (unpaired) electrons. The predicted octanol–water partition coefficient (Wildman–Crippen LogP) is 2.64. The molecule has 0 aliphatic heterocycles. The highest BCUT2D eigenvalue weighted by molar-refractivity contribution is 7.95. The Bertz CT molecular complexity index is 750. The molecular weight excluding hydrogens is 324 g/mol. The van der Waals surface area contributed by atoms with E-state index < -0.39 is 10.0 Å². The van der Waals surface area contributed by atoms with E-state index in [2.05, 4.69) is 28.6 Å². The van der Waals surface area contributed by atoms with Gasteiger partial charge in [0.05, 0.1) is 23.8 Å². The Morgan fingerprint density at radius 2 is 1.92 bits per heavy atom. The molecule has 1 aromatic heterocycles. The number of likely N-dealkylation sites (N-methyl/N-ethyl adjacent to an activating group) is 1. The zero-order valence-electron chi connectivity index (χ0n) is 14.1. The second kappa shape index (κ2) is 8.65. The van der Waals surface area contributed by atoms with E-state index in [1.165, 1.54) is 6.20 Å². The minimum Gasteiger partial charge on any atom is -0.302 e. The number of rotatable bonds is 9. The van der Waals surface area contributed by atoms with E-state index in [0.717, 1.165) is 37.2 Å². The molecule has 24 heavy (non-hydrogen) atoms. The van der Waals surface area contributed by atoms with Gasteiger partial charge in [0.25, 0.3) is 10.0 Å². The average molecular weight is 348 g/mol. The Hall–Kier alpha value is -2.12. The van der Waals surface area contributed by atoms with Crippen LogP contribution in [0, 0.1) is 0 Å². The standard InChI is InChI=1S/C17H24N4O2S/c1-3-20(4-2)11-12-21-15-17(14-18-21)19-24(22,23)13-10-16-8-6-5-7-9-16/h5-10,13-15,19H,3-4,11-12H2,1-2H3/b13-10-. The zero-order valence-corrected chi connectivity index (χ0v) is 14.9. The van der Waals surface area contributed by atoms with Gasteiger partial charge in [-0.1, -0.05) is 44.2 Å². The van der Waals surface area contributed by atoms with Crippen LogP contribution in [0.25, 0.3) is 6.08 Å². The third kappa shape index (κ3) is 5.82. The first kappa shape index (κ1) is 18.2. The number of nitrogens with zero attached hydrogens (tertiary/aromatic N) is 3. The van der Waals surface area contributed by atoms with Gasteiger partial charge in [-0.2, -0.15) is 5.10 Å². The van der Waals surface area contributed by atoms with Crippen molar-refractivity contribution in [2.45, 2.75) is 20.4 Å². The zero-order chi connectivity index (χ0) is 17.4. The monoisotopic (exact) mass is 348 g/mol. The fourth-order valence-electron chi connectivity index (χ4n) is 2.25. The Morgan fingerprint density at radius 3 is 2.58 bits per heavy atom. The molecule has 0 atom stereocenters. The second-order valence-corrected chi connectivity index (χ2v) is 6.95. The highest BCUT2D eigenvalue weighted by atomic mass is 32.2. The fourth-order valence-corrected chi connectivity index (χ4v) is 3.09. The highest BCUT2D eigenvalue weighted by Crippen LogP contribution is 2.10. The van der Waals surface area contributed by atoms with Crippen molar-refractivity contribution < 1.29 is 8.42 Å². The summed E-state index contributed by atoms with van der Waals surface area (Å²) in [5.74, 6) is 0. The van der Waals surface area contributed by atoms with Crippen LogP contribution in [0.4, 0.5) is 5.69 Å². The normalized spacial score (nSPS) is 12.1. The number of nitrogens with one attached hydrogen (secondary N) is 1. The highest BCUT2D eigenvalue weighted by Gasteiger charge is 2.08. The summed E-state index contributed by atoms with van der Waals surface area (Å²) >= 11 is 0. The summed E-state index contributed by atoms with van der Waals surface area (Å²) in [6.07, 6.45) is 4.79. The van der Waals surface area contributed by atoms with Crippen molar-refractivity contribution in [2.75, 3.05) is 24.4 Å². The summed E-state index contributed by atoms with van der Waals surface area (Å²) in [7, 11) is -3.55. The largest absolute Gasteiger partial charge is 0.302 e. The van der Waals surface area contributed by atoms with E-state index >= 15 is 0 Å². The van der Waals surface area contributed by atoms with Crippen molar-refractivity contribution in [2.24, 2.45) is 0 Å². The third-order valence-corrected chi connectivity index (χ3v) is 4.69. The average Bonchev–Trinajstić information content (AvgIpc) is 3.02. The van der Waals surface area contributed by atoms with Crippen LogP contribution in [-0.2, 0) is 16.6 Å². The summed E-state index contributed by atoms with van der Waals surface area (Å²) < 4.78 is 28.5. The number of sulfonamides is 1. The Kier molecular flexibility index (Phi) is 6.57. The molecule has 0 bridgehead atoms. The number of benzene rings is 1. The lowest BCUT2D eigenvalue weighted by molar-refractivity contribution is 0.285. The van der Waals surface area contributed by atoms with Crippen molar-refractivity contribution >= 4 is 21.8 Å². The number of anilines is 1. The first-order chi connectivity index (χ1) is 11.5. The molecule has 0 aliphatic carbocycles. The second-order valence-electron chi connectivity index (χ2n) is 5.38. The molecule has 7 heteroatoms. The van der Waals surface area contributed by atoms with Crippen LogP contribution in [0.5, 0.6) is 0 Å². The van der Waals surface area contributed by atoms with Crippen LogP contribution >= 0.6 is 0 Å². The molecule has 0 spiro atoms. The first-order valence-corrected chi connectivity index (χ1v) is 9.58. The smallest absolute Gasteiger partial charge is 0.255 e. The van der Waals surface area contributed by atoms with E-state index in [1.807, 2.05) is 30.3 Å². The van der Waals surface area contributed by atoms with Crippen molar-refractivity contribution in [3.05, 3.63) is 53.7 Å². The molecule has 0 saturated heterocycles. The van der Waals surface area contributed by atoms with Crippen molar-refractivity contribution in [3.8, 4) is 0 Å². The predicted molar refractivity (Wildman–Crippen MR) is 98.0 cm³/mol. The van der Waals surface area contributed by atoms with Gasteiger partial charge >= 0.3 is 0 Å². The Labute approximate surface area is 143 Å².